The van der Waals surface area contributed by atoms with Crippen molar-refractivity contribution in [3.05, 3.63) is 34.1 Å². The molecule has 7 nitrogen and oxygen atoms in total. The van der Waals surface area contributed by atoms with Crippen LogP contribution in [0.4, 0.5) is 5.82 Å². The third-order valence-electron chi connectivity index (χ3n) is 4.03. The predicted octanol–water partition coefficient (Wildman–Crippen LogP) is 3.68. The quantitative estimate of drug-likeness (QED) is 0.515. The zero-order valence-corrected chi connectivity index (χ0v) is 17.7. The maximum atomic E-state index is 6.23. The van der Waals surface area contributed by atoms with E-state index in [1.165, 1.54) is 0 Å². The van der Waals surface area contributed by atoms with Crippen molar-refractivity contribution in [2.45, 2.75) is 19.8 Å². The van der Waals surface area contributed by atoms with E-state index in [2.05, 4.69) is 22.1 Å². The van der Waals surface area contributed by atoms with Crippen molar-refractivity contribution in [1.29, 1.82) is 0 Å². The summed E-state index contributed by atoms with van der Waals surface area (Å²) < 4.78 is 15.9. The number of aryl methyl sites for hydroxylation is 1. The summed E-state index contributed by atoms with van der Waals surface area (Å²) in [4.78, 5) is 4.36. The second-order valence-corrected chi connectivity index (χ2v) is 7.17. The molecule has 1 aromatic carbocycles. The molecular formula is C19H26Cl2N4O3. The summed E-state index contributed by atoms with van der Waals surface area (Å²) in [5.41, 5.74) is 7.11. The number of nitrogen functional groups attached to an aromatic ring is 1. The first-order valence-electron chi connectivity index (χ1n) is 9.10. The summed E-state index contributed by atoms with van der Waals surface area (Å²) in [6, 6.07) is 5.27. The third-order valence-corrected chi connectivity index (χ3v) is 4.85. The van der Waals surface area contributed by atoms with E-state index >= 15 is 0 Å². The minimum atomic E-state index is 0.284. The lowest BCUT2D eigenvalue weighted by atomic mass is 10.1. The average molecular weight is 429 g/mol. The van der Waals surface area contributed by atoms with Crippen LogP contribution in [0.2, 0.25) is 10.0 Å². The number of hydrogen-bond donors (Lipinski definition) is 1. The highest BCUT2D eigenvalue weighted by atomic mass is 35.5. The molecule has 2 N–H and O–H groups in total. The molecule has 1 atom stereocenters. The van der Waals surface area contributed by atoms with Crippen LogP contribution in [0.15, 0.2) is 18.2 Å². The van der Waals surface area contributed by atoms with Crippen LogP contribution < -0.4 is 5.73 Å². The molecule has 0 spiro atoms. The fourth-order valence-corrected chi connectivity index (χ4v) is 2.85. The molecule has 2 aromatic rings. The molecule has 0 saturated heterocycles. The molecule has 0 aliphatic heterocycles. The molecular weight excluding hydrogens is 403 g/mol. The van der Waals surface area contributed by atoms with E-state index in [0.29, 0.717) is 72.5 Å². The summed E-state index contributed by atoms with van der Waals surface area (Å²) in [6.07, 6.45) is 1.53. The Labute approximate surface area is 175 Å². The van der Waals surface area contributed by atoms with E-state index in [1.54, 1.807) is 25.3 Å². The van der Waals surface area contributed by atoms with Crippen LogP contribution >= 0.6 is 23.2 Å². The molecule has 0 saturated carbocycles. The van der Waals surface area contributed by atoms with Crippen LogP contribution in [0, 0.1) is 5.92 Å². The van der Waals surface area contributed by atoms with E-state index in [4.69, 9.17) is 43.1 Å². The van der Waals surface area contributed by atoms with Gasteiger partial charge in [-0.3, -0.25) is 0 Å². The predicted molar refractivity (Wildman–Crippen MR) is 111 cm³/mol. The molecule has 0 fully saturated rings. The van der Waals surface area contributed by atoms with Gasteiger partial charge in [-0.25, -0.2) is 4.98 Å². The molecule has 1 heterocycles. The lowest BCUT2D eigenvalue weighted by Gasteiger charge is -2.12. The van der Waals surface area contributed by atoms with Crippen molar-refractivity contribution in [3.8, 4) is 11.3 Å². The molecule has 0 aliphatic rings. The van der Waals surface area contributed by atoms with Crippen molar-refractivity contribution >= 4 is 29.0 Å². The van der Waals surface area contributed by atoms with Gasteiger partial charge in [0.2, 0.25) is 0 Å². The summed E-state index contributed by atoms with van der Waals surface area (Å²) in [6.45, 7) is 5.06. The van der Waals surface area contributed by atoms with Crippen LogP contribution in [-0.2, 0) is 20.6 Å². The summed E-state index contributed by atoms with van der Waals surface area (Å²) in [7, 11) is 1.65. The highest BCUT2D eigenvalue weighted by Crippen LogP contribution is 2.34. The molecule has 1 unspecified atom stereocenters. The van der Waals surface area contributed by atoms with Gasteiger partial charge in [-0.15, -0.1) is 10.2 Å². The monoisotopic (exact) mass is 428 g/mol. The van der Waals surface area contributed by atoms with Crippen LogP contribution in [0.1, 0.15) is 19.2 Å². The molecule has 154 valence electrons. The number of methoxy groups -OCH3 is 1. The van der Waals surface area contributed by atoms with Crippen molar-refractivity contribution in [1.82, 2.24) is 15.2 Å². The Bertz CT molecular complexity index is 749. The number of nitrogens with two attached hydrogens (primary N) is 1. The first-order valence-corrected chi connectivity index (χ1v) is 9.86. The maximum absolute atomic E-state index is 6.23. The fraction of sp³-hybridized carbons (Fsp3) is 0.526. The van der Waals surface area contributed by atoms with E-state index in [0.717, 1.165) is 6.42 Å². The number of rotatable bonds is 12. The molecule has 0 amide bonds. The zero-order chi connectivity index (χ0) is 20.4. The maximum Gasteiger partial charge on any atom is 0.154 e. The van der Waals surface area contributed by atoms with Gasteiger partial charge in [-0.05, 0) is 18.4 Å². The topological polar surface area (TPSA) is 92.4 Å². The SMILES string of the molecule is COCCOCCOCC(C)CCc1nnc(-c2cccc(Cl)c2Cl)c(N)n1. The Morgan fingerprint density at radius 1 is 1.07 bits per heavy atom. The molecule has 0 aliphatic carbocycles. The molecule has 1 aromatic heterocycles. The Hall–Kier alpha value is -1.51. The van der Waals surface area contributed by atoms with Crippen molar-refractivity contribution < 1.29 is 14.2 Å². The van der Waals surface area contributed by atoms with E-state index in [9.17, 15) is 0 Å². The van der Waals surface area contributed by atoms with E-state index in [1.807, 2.05) is 0 Å². The lowest BCUT2D eigenvalue weighted by molar-refractivity contribution is 0.0164. The van der Waals surface area contributed by atoms with Crippen LogP contribution in [0.25, 0.3) is 11.3 Å². The summed E-state index contributed by atoms with van der Waals surface area (Å²) >= 11 is 12.3. The van der Waals surface area contributed by atoms with Gasteiger partial charge in [0.1, 0.15) is 5.69 Å². The van der Waals surface area contributed by atoms with Gasteiger partial charge in [0.25, 0.3) is 0 Å². The van der Waals surface area contributed by atoms with Crippen molar-refractivity contribution in [2.24, 2.45) is 5.92 Å². The lowest BCUT2D eigenvalue weighted by Crippen LogP contribution is -2.13. The van der Waals surface area contributed by atoms with Crippen LogP contribution in [0.5, 0.6) is 0 Å². The normalized spacial score (nSPS) is 12.3. The van der Waals surface area contributed by atoms with Gasteiger partial charge in [-0.2, -0.15) is 0 Å². The van der Waals surface area contributed by atoms with Gasteiger partial charge in [0.05, 0.1) is 36.5 Å². The number of benzene rings is 1. The van der Waals surface area contributed by atoms with Gasteiger partial charge in [0, 0.05) is 25.7 Å². The first-order chi connectivity index (χ1) is 13.5. The number of halogens is 2. The Morgan fingerprint density at radius 2 is 1.82 bits per heavy atom. The number of hydrogen-bond acceptors (Lipinski definition) is 7. The molecule has 9 heteroatoms. The van der Waals surface area contributed by atoms with E-state index < -0.39 is 0 Å². The zero-order valence-electron chi connectivity index (χ0n) is 16.2. The minimum Gasteiger partial charge on any atom is -0.382 e. The molecule has 28 heavy (non-hydrogen) atoms. The minimum absolute atomic E-state index is 0.284. The molecule has 0 radical (unpaired) electrons. The van der Waals surface area contributed by atoms with E-state index in [-0.39, 0.29) is 5.82 Å². The Balaban J connectivity index is 1.79. The number of aromatic nitrogens is 3. The van der Waals surface area contributed by atoms with Gasteiger partial charge in [-0.1, -0.05) is 42.3 Å². The smallest absolute Gasteiger partial charge is 0.154 e. The van der Waals surface area contributed by atoms with Crippen LogP contribution in [-0.4, -0.2) is 55.3 Å². The van der Waals surface area contributed by atoms with Gasteiger partial charge < -0.3 is 19.9 Å². The van der Waals surface area contributed by atoms with Crippen molar-refractivity contribution in [3.63, 3.8) is 0 Å². The third kappa shape index (κ3) is 7.14. The average Bonchev–Trinajstić information content (AvgIpc) is 2.68. The van der Waals surface area contributed by atoms with Gasteiger partial charge in [0.15, 0.2) is 11.6 Å². The second-order valence-electron chi connectivity index (χ2n) is 6.39. The number of nitrogens with zero attached hydrogens (tertiary/aromatic N) is 3. The Kier molecular flexibility index (Phi) is 9.87. The molecule has 2 rings (SSSR count). The summed E-state index contributed by atoms with van der Waals surface area (Å²) in [5.74, 6) is 1.23. The number of anilines is 1. The largest absolute Gasteiger partial charge is 0.382 e. The van der Waals surface area contributed by atoms with Crippen molar-refractivity contribution in [2.75, 3.05) is 45.9 Å². The van der Waals surface area contributed by atoms with Crippen LogP contribution in [0.3, 0.4) is 0 Å². The standard InChI is InChI=1S/C19H26Cl2N4O3/c1-13(12-28-11-10-27-9-8-26-2)6-7-16-23-19(22)18(25-24-16)14-4-3-5-15(20)17(14)21/h3-5,13H,6-12H2,1-2H3,(H2,22,23,24). The van der Waals surface area contributed by atoms with Gasteiger partial charge >= 0.3 is 0 Å². The summed E-state index contributed by atoms with van der Waals surface area (Å²) in [5, 5.41) is 9.20. The highest BCUT2D eigenvalue weighted by molar-refractivity contribution is 6.43. The molecule has 0 bridgehead atoms. The second kappa shape index (κ2) is 12.1. The Morgan fingerprint density at radius 3 is 2.57 bits per heavy atom. The first kappa shape index (κ1) is 22.8. The highest BCUT2D eigenvalue weighted by Gasteiger charge is 2.14. The fourth-order valence-electron chi connectivity index (χ4n) is 2.46. The number of ether oxygens (including phenoxy) is 3.